The molecule has 0 aliphatic rings. The van der Waals surface area contributed by atoms with Gasteiger partial charge in [-0.05, 0) is 23.7 Å². The molecule has 3 nitrogen and oxygen atoms in total. The highest BCUT2D eigenvalue weighted by atomic mass is 19.3. The molecule has 13 heavy (non-hydrogen) atoms. The highest BCUT2D eigenvalue weighted by Crippen LogP contribution is 2.26. The third-order valence-electron chi connectivity index (χ3n) is 1.37. The van der Waals surface area contributed by atoms with E-state index in [9.17, 15) is 13.2 Å². The Labute approximate surface area is 71.4 Å². The molecule has 0 amide bonds. The van der Waals surface area contributed by atoms with Crippen LogP contribution in [0.25, 0.3) is 10.4 Å². The van der Waals surface area contributed by atoms with E-state index in [1.54, 1.807) is 0 Å². The lowest BCUT2D eigenvalue weighted by Crippen LogP contribution is -1.88. The first-order valence-electron chi connectivity index (χ1n) is 3.28. The largest absolute Gasteiger partial charge is 0.266 e. The van der Waals surface area contributed by atoms with Gasteiger partial charge in [-0.15, -0.1) is 0 Å². The number of nitrogens with zero attached hydrogens (tertiary/aromatic N) is 3. The van der Waals surface area contributed by atoms with Gasteiger partial charge in [-0.1, -0.05) is 5.11 Å². The van der Waals surface area contributed by atoms with Crippen LogP contribution < -0.4 is 0 Å². The van der Waals surface area contributed by atoms with Crippen LogP contribution in [0.2, 0.25) is 0 Å². The molecule has 0 heterocycles. The van der Waals surface area contributed by atoms with Crippen molar-refractivity contribution in [3.63, 3.8) is 0 Å². The molecule has 1 aromatic rings. The maximum atomic E-state index is 12.6. The van der Waals surface area contributed by atoms with Crippen LogP contribution in [0.5, 0.6) is 0 Å². The molecule has 0 aliphatic carbocycles. The second kappa shape index (κ2) is 3.82. The third kappa shape index (κ3) is 2.13. The fraction of sp³-hybridized carbons (Fsp3) is 0.143. The summed E-state index contributed by atoms with van der Waals surface area (Å²) >= 11 is 0. The summed E-state index contributed by atoms with van der Waals surface area (Å²) in [6.07, 6.45) is -2.91. The zero-order valence-electron chi connectivity index (χ0n) is 6.28. The van der Waals surface area contributed by atoms with Gasteiger partial charge in [0.2, 0.25) is 0 Å². The first kappa shape index (κ1) is 9.41. The number of hydrogen-bond donors (Lipinski definition) is 0. The Balaban J connectivity index is 3.18. The molecule has 1 rings (SSSR count). The zero-order valence-corrected chi connectivity index (χ0v) is 6.28. The van der Waals surface area contributed by atoms with Crippen LogP contribution in [0, 0.1) is 5.82 Å². The van der Waals surface area contributed by atoms with Crippen molar-refractivity contribution in [1.29, 1.82) is 0 Å². The molecule has 0 N–H and O–H groups in total. The maximum Gasteiger partial charge on any atom is 0.266 e. The highest BCUT2D eigenvalue weighted by molar-refractivity contribution is 5.41. The van der Waals surface area contributed by atoms with Crippen molar-refractivity contribution in [1.82, 2.24) is 0 Å². The van der Waals surface area contributed by atoms with Crippen molar-refractivity contribution in [2.45, 2.75) is 6.43 Å². The number of alkyl halides is 2. The zero-order chi connectivity index (χ0) is 9.84. The molecule has 0 aliphatic heterocycles. The molecule has 6 heteroatoms. The van der Waals surface area contributed by atoms with Crippen LogP contribution in [-0.2, 0) is 0 Å². The fourth-order valence-electron chi connectivity index (χ4n) is 0.812. The summed E-state index contributed by atoms with van der Waals surface area (Å²) in [6.45, 7) is 0. The van der Waals surface area contributed by atoms with Crippen LogP contribution in [0.15, 0.2) is 23.3 Å². The number of hydrogen-bond acceptors (Lipinski definition) is 1. The van der Waals surface area contributed by atoms with Gasteiger partial charge in [0.05, 0.1) is 5.56 Å². The SMILES string of the molecule is [N-]=[N+]=Nc1ccc(F)c(C(F)F)c1. The van der Waals surface area contributed by atoms with Gasteiger partial charge in [-0.2, -0.15) is 0 Å². The Morgan fingerprint density at radius 1 is 1.38 bits per heavy atom. The molecule has 0 saturated carbocycles. The summed E-state index contributed by atoms with van der Waals surface area (Å²) in [5, 5.41) is 3.07. The van der Waals surface area contributed by atoms with Crippen LogP contribution >= 0.6 is 0 Å². The average Bonchev–Trinajstić information content (AvgIpc) is 2.08. The molecule has 0 aromatic heterocycles. The molecule has 0 saturated heterocycles. The monoisotopic (exact) mass is 187 g/mol. The number of benzene rings is 1. The summed E-state index contributed by atoms with van der Waals surface area (Å²) < 4.78 is 36.8. The average molecular weight is 187 g/mol. The van der Waals surface area contributed by atoms with Crippen LogP contribution in [0.1, 0.15) is 12.0 Å². The van der Waals surface area contributed by atoms with Gasteiger partial charge >= 0.3 is 0 Å². The Morgan fingerprint density at radius 2 is 2.08 bits per heavy atom. The topological polar surface area (TPSA) is 48.8 Å². The molecule has 68 valence electrons. The van der Waals surface area contributed by atoms with E-state index in [0.717, 1.165) is 18.2 Å². The van der Waals surface area contributed by atoms with E-state index in [1.165, 1.54) is 0 Å². The van der Waals surface area contributed by atoms with Crippen molar-refractivity contribution < 1.29 is 13.2 Å². The minimum atomic E-state index is -2.91. The van der Waals surface area contributed by atoms with Gasteiger partial charge in [-0.3, -0.25) is 0 Å². The standard InChI is InChI=1S/C7H4F3N3/c8-6-2-1-4(12-13-11)3-5(6)7(9)10/h1-3,7H. The highest BCUT2D eigenvalue weighted by Gasteiger charge is 2.12. The molecule has 0 radical (unpaired) electrons. The van der Waals surface area contributed by atoms with E-state index in [4.69, 9.17) is 5.53 Å². The van der Waals surface area contributed by atoms with E-state index in [1.807, 2.05) is 0 Å². The van der Waals surface area contributed by atoms with E-state index < -0.39 is 17.8 Å². The molecule has 0 spiro atoms. The molecular formula is C7H4F3N3. The van der Waals surface area contributed by atoms with Gasteiger partial charge in [0.25, 0.3) is 6.43 Å². The Hall–Kier alpha value is -1.68. The summed E-state index contributed by atoms with van der Waals surface area (Å²) in [5.41, 5.74) is 7.21. The third-order valence-corrected chi connectivity index (χ3v) is 1.37. The molecule has 0 fully saturated rings. The van der Waals surface area contributed by atoms with E-state index in [0.29, 0.717) is 0 Å². The molecular weight excluding hydrogens is 183 g/mol. The lowest BCUT2D eigenvalue weighted by atomic mass is 10.2. The summed E-state index contributed by atoms with van der Waals surface area (Å²) in [6, 6.07) is 2.78. The Morgan fingerprint density at radius 3 is 2.62 bits per heavy atom. The predicted molar refractivity (Wildman–Crippen MR) is 40.2 cm³/mol. The second-order valence-corrected chi connectivity index (χ2v) is 2.20. The number of halogens is 3. The lowest BCUT2D eigenvalue weighted by Gasteiger charge is -2.01. The Kier molecular flexibility index (Phi) is 2.76. The summed E-state index contributed by atoms with van der Waals surface area (Å²) in [7, 11) is 0. The second-order valence-electron chi connectivity index (χ2n) is 2.20. The Bertz CT molecular complexity index is 358. The minimum absolute atomic E-state index is 0.0285. The van der Waals surface area contributed by atoms with E-state index in [-0.39, 0.29) is 5.69 Å². The fourth-order valence-corrected chi connectivity index (χ4v) is 0.812. The smallest absolute Gasteiger partial charge is 0.206 e. The van der Waals surface area contributed by atoms with Gasteiger partial charge in [-0.25, -0.2) is 13.2 Å². The first-order chi connectivity index (χ1) is 6.15. The quantitative estimate of drug-likeness (QED) is 0.385. The van der Waals surface area contributed by atoms with Crippen LogP contribution in [0.3, 0.4) is 0 Å². The molecule has 1 aromatic carbocycles. The first-order valence-corrected chi connectivity index (χ1v) is 3.28. The maximum absolute atomic E-state index is 12.6. The van der Waals surface area contributed by atoms with Crippen molar-refractivity contribution in [3.05, 3.63) is 40.0 Å². The van der Waals surface area contributed by atoms with Crippen molar-refractivity contribution in [2.75, 3.05) is 0 Å². The molecule has 0 atom stereocenters. The van der Waals surface area contributed by atoms with Crippen molar-refractivity contribution in [2.24, 2.45) is 5.11 Å². The summed E-state index contributed by atoms with van der Waals surface area (Å²) in [4.78, 5) is 2.39. The summed E-state index contributed by atoms with van der Waals surface area (Å²) in [5.74, 6) is -1.01. The van der Waals surface area contributed by atoms with E-state index in [2.05, 4.69) is 10.0 Å². The van der Waals surface area contributed by atoms with Gasteiger partial charge in [0.1, 0.15) is 5.82 Å². The minimum Gasteiger partial charge on any atom is -0.206 e. The van der Waals surface area contributed by atoms with Gasteiger partial charge in [0.15, 0.2) is 0 Å². The number of rotatable bonds is 2. The van der Waals surface area contributed by atoms with Crippen LogP contribution in [0.4, 0.5) is 18.9 Å². The molecule has 0 bridgehead atoms. The normalized spacial score (nSPS) is 9.85. The number of azide groups is 1. The van der Waals surface area contributed by atoms with Crippen molar-refractivity contribution >= 4 is 5.69 Å². The predicted octanol–water partition coefficient (Wildman–Crippen LogP) is 3.71. The van der Waals surface area contributed by atoms with Crippen LogP contribution in [-0.4, -0.2) is 0 Å². The molecule has 0 unspecified atom stereocenters. The van der Waals surface area contributed by atoms with Crippen molar-refractivity contribution in [3.8, 4) is 0 Å². The van der Waals surface area contributed by atoms with Gasteiger partial charge in [0, 0.05) is 10.6 Å². The lowest BCUT2D eigenvalue weighted by molar-refractivity contribution is 0.146. The van der Waals surface area contributed by atoms with Gasteiger partial charge < -0.3 is 0 Å². The van der Waals surface area contributed by atoms with E-state index >= 15 is 0 Å².